The van der Waals surface area contributed by atoms with Gasteiger partial charge in [0.2, 0.25) is 0 Å². The number of phenols is 2. The number of fused-ring (bicyclic) bond motifs is 3. The van der Waals surface area contributed by atoms with E-state index < -0.39 is 0 Å². The Morgan fingerprint density at radius 2 is 1.72 bits per heavy atom. The molecule has 3 unspecified atom stereocenters. The van der Waals surface area contributed by atoms with Gasteiger partial charge in [-0.15, -0.1) is 0 Å². The van der Waals surface area contributed by atoms with Gasteiger partial charge in [0.05, 0.1) is 7.11 Å². The lowest BCUT2D eigenvalue weighted by molar-refractivity contribution is 0.0993. The molecule has 4 rings (SSSR count). The van der Waals surface area contributed by atoms with Gasteiger partial charge in [-0.05, 0) is 42.5 Å². The summed E-state index contributed by atoms with van der Waals surface area (Å²) >= 11 is 0. The largest absolute Gasteiger partial charge is 0.508 e. The predicted octanol–water partition coefficient (Wildman–Crippen LogP) is 5.15. The highest BCUT2D eigenvalue weighted by Gasteiger charge is 2.43. The van der Waals surface area contributed by atoms with E-state index in [1.54, 1.807) is 25.3 Å². The van der Waals surface area contributed by atoms with Crippen molar-refractivity contribution in [2.45, 2.75) is 45.1 Å². The molecule has 1 heterocycles. The molecule has 134 valence electrons. The monoisotopic (exact) mass is 342 g/mol. The summed E-state index contributed by atoms with van der Waals surface area (Å²) in [6.45, 7) is 4.00. The molecule has 1 saturated carbocycles. The Morgan fingerprint density at radius 1 is 1.00 bits per heavy atom. The summed E-state index contributed by atoms with van der Waals surface area (Å²) in [4.78, 5) is 0. The molecule has 0 amide bonds. The molecule has 4 heteroatoms. The Bertz CT molecular complexity index is 723. The summed E-state index contributed by atoms with van der Waals surface area (Å²) in [6, 6.07) is 10.7. The first kappa shape index (κ1) is 17.5. The van der Waals surface area contributed by atoms with Crippen molar-refractivity contribution >= 4 is 0 Å². The van der Waals surface area contributed by atoms with Crippen LogP contribution in [0.15, 0.2) is 36.4 Å². The molecule has 2 aliphatic rings. The van der Waals surface area contributed by atoms with Gasteiger partial charge in [-0.1, -0.05) is 32.4 Å². The molecule has 1 fully saturated rings. The fourth-order valence-electron chi connectivity index (χ4n) is 4.09. The molecule has 3 atom stereocenters. The number of benzene rings is 2. The van der Waals surface area contributed by atoms with Crippen LogP contribution in [-0.4, -0.2) is 17.3 Å². The zero-order valence-electron chi connectivity index (χ0n) is 15.0. The summed E-state index contributed by atoms with van der Waals surface area (Å²) in [7, 11) is 1.59. The van der Waals surface area contributed by atoms with E-state index in [1.807, 2.05) is 32.0 Å². The van der Waals surface area contributed by atoms with Crippen LogP contribution in [0.2, 0.25) is 0 Å². The van der Waals surface area contributed by atoms with Crippen LogP contribution in [0.4, 0.5) is 0 Å². The Hall–Kier alpha value is -2.36. The smallest absolute Gasteiger partial charge is 0.165 e. The minimum absolute atomic E-state index is 0.0472. The van der Waals surface area contributed by atoms with Crippen molar-refractivity contribution in [2.75, 3.05) is 7.11 Å². The van der Waals surface area contributed by atoms with Gasteiger partial charge >= 0.3 is 0 Å². The Morgan fingerprint density at radius 3 is 2.40 bits per heavy atom. The van der Waals surface area contributed by atoms with Crippen molar-refractivity contribution in [3.8, 4) is 23.0 Å². The van der Waals surface area contributed by atoms with Crippen molar-refractivity contribution in [1.82, 2.24) is 0 Å². The van der Waals surface area contributed by atoms with Crippen molar-refractivity contribution in [3.05, 3.63) is 47.5 Å². The average molecular weight is 342 g/mol. The van der Waals surface area contributed by atoms with Gasteiger partial charge in [-0.25, -0.2) is 0 Å². The number of hydrogen-bond acceptors (Lipinski definition) is 4. The van der Waals surface area contributed by atoms with Gasteiger partial charge in [0.1, 0.15) is 17.6 Å². The van der Waals surface area contributed by atoms with E-state index in [0.717, 1.165) is 36.1 Å². The molecule has 0 radical (unpaired) electrons. The summed E-state index contributed by atoms with van der Waals surface area (Å²) < 4.78 is 11.8. The van der Waals surface area contributed by atoms with Crippen molar-refractivity contribution in [1.29, 1.82) is 0 Å². The van der Waals surface area contributed by atoms with E-state index in [-0.39, 0.29) is 17.6 Å². The third kappa shape index (κ3) is 3.13. The summed E-state index contributed by atoms with van der Waals surface area (Å²) in [6.07, 6.45) is 3.31. The topological polar surface area (TPSA) is 58.9 Å². The van der Waals surface area contributed by atoms with E-state index in [0.29, 0.717) is 17.6 Å². The number of methoxy groups -OCH3 is 1. The average Bonchev–Trinajstić information content (AvgIpc) is 3.13. The van der Waals surface area contributed by atoms with Crippen molar-refractivity contribution < 1.29 is 19.7 Å². The first-order valence-corrected chi connectivity index (χ1v) is 9.04. The predicted molar refractivity (Wildman–Crippen MR) is 97.6 cm³/mol. The van der Waals surface area contributed by atoms with E-state index in [2.05, 4.69) is 0 Å². The molecule has 1 aliphatic heterocycles. The zero-order chi connectivity index (χ0) is 18.0. The van der Waals surface area contributed by atoms with Crippen LogP contribution in [-0.2, 0) is 0 Å². The minimum atomic E-state index is -0.0472. The molecule has 0 spiro atoms. The van der Waals surface area contributed by atoms with E-state index >= 15 is 0 Å². The first-order valence-electron chi connectivity index (χ1n) is 9.04. The molecule has 2 aromatic rings. The molecule has 2 N–H and O–H groups in total. The highest BCUT2D eigenvalue weighted by Crippen LogP contribution is 2.56. The maximum absolute atomic E-state index is 9.97. The Balaban J connectivity index is 0.000000880. The molecule has 0 aromatic heterocycles. The molecule has 2 aromatic carbocycles. The fourth-order valence-corrected chi connectivity index (χ4v) is 4.09. The first-order chi connectivity index (χ1) is 12.2. The van der Waals surface area contributed by atoms with Gasteiger partial charge in [-0.3, -0.25) is 0 Å². The lowest BCUT2D eigenvalue weighted by atomic mass is 9.80. The number of hydrogen-bond donors (Lipinski definition) is 2. The van der Waals surface area contributed by atoms with Gasteiger partial charge in [0.15, 0.2) is 11.5 Å². The Labute approximate surface area is 149 Å². The summed E-state index contributed by atoms with van der Waals surface area (Å²) in [5, 5.41) is 19.5. The van der Waals surface area contributed by atoms with Crippen LogP contribution in [0.1, 0.15) is 56.3 Å². The van der Waals surface area contributed by atoms with Gasteiger partial charge in [0.25, 0.3) is 0 Å². The standard InChI is InChI=1S/C19H20O4.C2H6/c1-22-17-10-13(21)9-16-14-3-2-4-15(14)18(23-19(16)17)11-5-7-12(20)8-6-11;1-2/h5-10,14-15,18,20-21H,2-4H2,1H3;1-2H3. The highest BCUT2D eigenvalue weighted by atomic mass is 16.5. The van der Waals surface area contributed by atoms with Gasteiger partial charge in [-0.2, -0.15) is 0 Å². The molecule has 0 saturated heterocycles. The third-order valence-electron chi connectivity index (χ3n) is 5.11. The number of rotatable bonds is 2. The summed E-state index contributed by atoms with van der Waals surface area (Å²) in [5.41, 5.74) is 2.12. The lowest BCUT2D eigenvalue weighted by Gasteiger charge is -2.37. The molecule has 4 nitrogen and oxygen atoms in total. The second kappa shape index (κ2) is 7.26. The van der Waals surface area contributed by atoms with Crippen LogP contribution < -0.4 is 9.47 Å². The van der Waals surface area contributed by atoms with Crippen LogP contribution in [0.3, 0.4) is 0 Å². The normalized spacial score (nSPS) is 23.6. The lowest BCUT2D eigenvalue weighted by Crippen LogP contribution is -2.27. The van der Waals surface area contributed by atoms with Crippen LogP contribution >= 0.6 is 0 Å². The summed E-state index contributed by atoms with van der Waals surface area (Å²) in [5.74, 6) is 2.56. The molecular formula is C21H26O4. The van der Waals surface area contributed by atoms with E-state index in [1.165, 1.54) is 0 Å². The second-order valence-corrected chi connectivity index (χ2v) is 6.40. The molecule has 0 bridgehead atoms. The van der Waals surface area contributed by atoms with Crippen LogP contribution in [0.5, 0.6) is 23.0 Å². The molecule has 1 aliphatic carbocycles. The quantitative estimate of drug-likeness (QED) is 0.792. The van der Waals surface area contributed by atoms with Crippen LogP contribution in [0, 0.1) is 5.92 Å². The van der Waals surface area contributed by atoms with Crippen LogP contribution in [0.25, 0.3) is 0 Å². The molecule has 25 heavy (non-hydrogen) atoms. The number of phenolic OH excluding ortho intramolecular Hbond substituents is 2. The van der Waals surface area contributed by atoms with E-state index in [9.17, 15) is 10.2 Å². The van der Waals surface area contributed by atoms with Crippen molar-refractivity contribution in [3.63, 3.8) is 0 Å². The maximum atomic E-state index is 9.97. The Kier molecular flexibility index (Phi) is 5.07. The fraction of sp³-hybridized carbons (Fsp3) is 0.429. The zero-order valence-corrected chi connectivity index (χ0v) is 15.0. The number of ether oxygens (including phenoxy) is 2. The van der Waals surface area contributed by atoms with Gasteiger partial charge < -0.3 is 19.7 Å². The molecular weight excluding hydrogens is 316 g/mol. The SMILES string of the molecule is CC.COc1cc(O)cc2c1OC(c1ccc(O)cc1)C1CCCC21. The second-order valence-electron chi connectivity index (χ2n) is 6.40. The third-order valence-corrected chi connectivity index (χ3v) is 5.11. The van der Waals surface area contributed by atoms with E-state index in [4.69, 9.17) is 9.47 Å². The maximum Gasteiger partial charge on any atom is 0.165 e. The highest BCUT2D eigenvalue weighted by molar-refractivity contribution is 5.55. The van der Waals surface area contributed by atoms with Crippen molar-refractivity contribution in [2.24, 2.45) is 5.92 Å². The minimum Gasteiger partial charge on any atom is -0.508 e. The van der Waals surface area contributed by atoms with Gasteiger partial charge in [0, 0.05) is 17.5 Å². The number of aromatic hydroxyl groups is 2.